The highest BCUT2D eigenvalue weighted by Crippen LogP contribution is 2.23. The van der Waals surface area contributed by atoms with Crippen LogP contribution in [0.25, 0.3) is 0 Å². The minimum absolute atomic E-state index is 0.0613. The average molecular weight is 281 g/mol. The summed E-state index contributed by atoms with van der Waals surface area (Å²) >= 11 is 0. The van der Waals surface area contributed by atoms with Gasteiger partial charge in [0, 0.05) is 19.3 Å². The van der Waals surface area contributed by atoms with Gasteiger partial charge in [0.1, 0.15) is 5.76 Å². The van der Waals surface area contributed by atoms with Gasteiger partial charge < -0.3 is 19.2 Å². The van der Waals surface area contributed by atoms with Crippen molar-refractivity contribution in [2.24, 2.45) is 5.92 Å². The zero-order chi connectivity index (χ0) is 14.5. The van der Waals surface area contributed by atoms with Gasteiger partial charge in [0.05, 0.1) is 13.2 Å². The molecule has 2 heterocycles. The van der Waals surface area contributed by atoms with Gasteiger partial charge in [-0.25, -0.2) is 4.79 Å². The lowest BCUT2D eigenvalue weighted by molar-refractivity contribution is 0.0534. The number of hydrogen-bond donors (Lipinski definition) is 1. The number of hydrogen-bond acceptors (Lipinski definition) is 5. The van der Waals surface area contributed by atoms with Gasteiger partial charge in [0.15, 0.2) is 0 Å². The number of carbonyl (C=O) groups excluding carboxylic acids is 1. The number of carbonyl (C=O) groups is 1. The Morgan fingerprint density at radius 1 is 1.35 bits per heavy atom. The second-order valence-electron chi connectivity index (χ2n) is 5.32. The molecule has 5 nitrogen and oxygen atoms in total. The fraction of sp³-hybridized carbons (Fsp3) is 0.667. The molecule has 20 heavy (non-hydrogen) atoms. The lowest BCUT2D eigenvalue weighted by Gasteiger charge is -2.30. The third-order valence-corrected chi connectivity index (χ3v) is 3.93. The summed E-state index contributed by atoms with van der Waals surface area (Å²) in [7, 11) is 1.35. The maximum atomic E-state index is 11.4. The predicted octanol–water partition coefficient (Wildman–Crippen LogP) is 2.53. The van der Waals surface area contributed by atoms with Crippen molar-refractivity contribution in [1.82, 2.24) is 5.32 Å². The van der Waals surface area contributed by atoms with Crippen LogP contribution in [0, 0.1) is 5.92 Å². The lowest BCUT2D eigenvalue weighted by atomic mass is 9.92. The van der Waals surface area contributed by atoms with E-state index in [4.69, 9.17) is 9.15 Å². The maximum absolute atomic E-state index is 11.4. The number of methoxy groups -OCH3 is 1. The van der Waals surface area contributed by atoms with Crippen molar-refractivity contribution in [2.75, 3.05) is 20.3 Å². The first-order valence-electron chi connectivity index (χ1n) is 7.13. The van der Waals surface area contributed by atoms with Crippen molar-refractivity contribution in [3.63, 3.8) is 0 Å². The van der Waals surface area contributed by atoms with Gasteiger partial charge in [-0.1, -0.05) is 0 Å². The first kappa shape index (κ1) is 15.1. The van der Waals surface area contributed by atoms with E-state index in [1.165, 1.54) is 7.11 Å². The van der Waals surface area contributed by atoms with Crippen molar-refractivity contribution in [3.8, 4) is 0 Å². The zero-order valence-corrected chi connectivity index (χ0v) is 12.3. The van der Waals surface area contributed by atoms with Crippen LogP contribution in [0.3, 0.4) is 0 Å². The topological polar surface area (TPSA) is 60.7 Å². The minimum Gasteiger partial charge on any atom is -0.463 e. The first-order chi connectivity index (χ1) is 9.61. The van der Waals surface area contributed by atoms with Gasteiger partial charge in [-0.05, 0) is 44.7 Å². The van der Waals surface area contributed by atoms with E-state index >= 15 is 0 Å². The highest BCUT2D eigenvalue weighted by molar-refractivity contribution is 5.86. The third kappa shape index (κ3) is 3.61. The Bertz CT molecular complexity index is 437. The molecule has 2 atom stereocenters. The molecule has 0 aromatic carbocycles. The average Bonchev–Trinajstić information content (AvgIpc) is 2.97. The van der Waals surface area contributed by atoms with Crippen molar-refractivity contribution < 1.29 is 18.7 Å². The molecule has 0 spiro atoms. The van der Waals surface area contributed by atoms with Gasteiger partial charge in [0.2, 0.25) is 5.76 Å². The molecule has 0 bridgehead atoms. The monoisotopic (exact) mass is 281 g/mol. The molecule has 1 aliphatic heterocycles. The number of furan rings is 1. The van der Waals surface area contributed by atoms with Gasteiger partial charge in [-0.15, -0.1) is 0 Å². The van der Waals surface area contributed by atoms with Crippen molar-refractivity contribution >= 4 is 5.97 Å². The fourth-order valence-electron chi connectivity index (χ4n) is 2.62. The Balaban J connectivity index is 1.91. The SMILES string of the molecule is COC(=O)c1ccc(C(C)NC(C)C2CCOCC2)o1. The standard InChI is InChI=1S/C15H23NO4/c1-10(12-6-8-19-9-7-12)16-11(2)13-4-5-14(20-13)15(17)18-3/h4-5,10-12,16H,6-9H2,1-3H3. The lowest BCUT2D eigenvalue weighted by Crippen LogP contribution is -2.38. The van der Waals surface area contributed by atoms with E-state index in [1.807, 2.05) is 13.0 Å². The van der Waals surface area contributed by atoms with Crippen LogP contribution in [0.4, 0.5) is 0 Å². The Kier molecular flexibility index (Phi) is 5.20. The molecule has 1 aromatic heterocycles. The summed E-state index contributed by atoms with van der Waals surface area (Å²) in [6.07, 6.45) is 2.18. The van der Waals surface area contributed by atoms with Crippen LogP contribution in [0.1, 0.15) is 49.0 Å². The van der Waals surface area contributed by atoms with Crippen molar-refractivity contribution in [2.45, 2.75) is 38.8 Å². The highest BCUT2D eigenvalue weighted by atomic mass is 16.5. The second-order valence-corrected chi connectivity index (χ2v) is 5.32. The Hall–Kier alpha value is -1.33. The number of esters is 1. The smallest absolute Gasteiger partial charge is 0.373 e. The van der Waals surface area contributed by atoms with Crippen LogP contribution in [0.15, 0.2) is 16.5 Å². The summed E-state index contributed by atoms with van der Waals surface area (Å²) in [5.74, 6) is 1.18. The third-order valence-electron chi connectivity index (χ3n) is 3.93. The largest absolute Gasteiger partial charge is 0.463 e. The van der Waals surface area contributed by atoms with Crippen LogP contribution in [0.2, 0.25) is 0 Å². The number of rotatable bonds is 5. The Labute approximate surface area is 119 Å². The van der Waals surface area contributed by atoms with E-state index in [-0.39, 0.29) is 11.8 Å². The van der Waals surface area contributed by atoms with E-state index < -0.39 is 5.97 Å². The van der Waals surface area contributed by atoms with E-state index in [2.05, 4.69) is 17.0 Å². The molecule has 0 radical (unpaired) electrons. The van der Waals surface area contributed by atoms with Crippen LogP contribution in [-0.4, -0.2) is 32.3 Å². The number of ether oxygens (including phenoxy) is 2. The van der Waals surface area contributed by atoms with E-state index in [0.29, 0.717) is 12.0 Å². The van der Waals surface area contributed by atoms with E-state index in [9.17, 15) is 4.79 Å². The summed E-state index contributed by atoms with van der Waals surface area (Å²) in [4.78, 5) is 11.4. The van der Waals surface area contributed by atoms with Crippen LogP contribution >= 0.6 is 0 Å². The van der Waals surface area contributed by atoms with Crippen LogP contribution in [0.5, 0.6) is 0 Å². The molecule has 1 aromatic rings. The zero-order valence-electron chi connectivity index (χ0n) is 12.3. The second kappa shape index (κ2) is 6.90. The number of nitrogens with one attached hydrogen (secondary N) is 1. The van der Waals surface area contributed by atoms with Crippen LogP contribution < -0.4 is 5.32 Å². The molecule has 1 fully saturated rings. The predicted molar refractivity (Wildman–Crippen MR) is 74.6 cm³/mol. The highest BCUT2D eigenvalue weighted by Gasteiger charge is 2.23. The van der Waals surface area contributed by atoms with E-state index in [1.54, 1.807) is 6.07 Å². The molecule has 1 aliphatic rings. The van der Waals surface area contributed by atoms with Gasteiger partial charge in [-0.2, -0.15) is 0 Å². The van der Waals surface area contributed by atoms with Crippen LogP contribution in [-0.2, 0) is 9.47 Å². The molecule has 2 unspecified atom stereocenters. The molecular formula is C15H23NO4. The summed E-state index contributed by atoms with van der Waals surface area (Å²) in [6.45, 7) is 5.92. The maximum Gasteiger partial charge on any atom is 0.373 e. The Morgan fingerprint density at radius 3 is 2.70 bits per heavy atom. The summed E-state index contributed by atoms with van der Waals surface area (Å²) in [5.41, 5.74) is 0. The molecule has 2 rings (SSSR count). The quantitative estimate of drug-likeness (QED) is 0.840. The molecule has 0 saturated carbocycles. The molecular weight excluding hydrogens is 258 g/mol. The normalized spacial score (nSPS) is 19.6. The van der Waals surface area contributed by atoms with Gasteiger partial charge in [-0.3, -0.25) is 0 Å². The van der Waals surface area contributed by atoms with E-state index in [0.717, 1.165) is 31.8 Å². The van der Waals surface area contributed by atoms with Crippen molar-refractivity contribution in [1.29, 1.82) is 0 Å². The minimum atomic E-state index is -0.444. The summed E-state index contributed by atoms with van der Waals surface area (Å²) < 4.78 is 15.5. The van der Waals surface area contributed by atoms with Gasteiger partial charge in [0.25, 0.3) is 0 Å². The molecule has 5 heteroatoms. The fourth-order valence-corrected chi connectivity index (χ4v) is 2.62. The Morgan fingerprint density at radius 2 is 2.05 bits per heavy atom. The molecule has 0 aliphatic carbocycles. The first-order valence-corrected chi connectivity index (χ1v) is 7.13. The molecule has 0 amide bonds. The summed E-state index contributed by atoms with van der Waals surface area (Å²) in [6, 6.07) is 3.92. The molecule has 1 saturated heterocycles. The summed E-state index contributed by atoms with van der Waals surface area (Å²) in [5, 5.41) is 3.53. The van der Waals surface area contributed by atoms with Gasteiger partial charge >= 0.3 is 5.97 Å². The molecule has 1 N–H and O–H groups in total. The molecule has 112 valence electrons. The van der Waals surface area contributed by atoms with Crippen molar-refractivity contribution in [3.05, 3.63) is 23.7 Å².